The molecule has 0 aliphatic rings. The van der Waals surface area contributed by atoms with Crippen molar-refractivity contribution in [1.29, 1.82) is 0 Å². The maximum Gasteiger partial charge on any atom is 0.142 e. The third-order valence-corrected chi connectivity index (χ3v) is 1.73. The van der Waals surface area contributed by atoms with E-state index < -0.39 is 0 Å². The maximum absolute atomic E-state index is 4.36. The fraction of sp³-hybridized carbons (Fsp3) is 0.556. The predicted molar refractivity (Wildman–Crippen MR) is 48.9 cm³/mol. The largest absolute Gasteiger partial charge is 0.302 e. The summed E-state index contributed by atoms with van der Waals surface area (Å²) in [5.74, 6) is 0.892. The minimum absolute atomic E-state index is 0.807. The van der Waals surface area contributed by atoms with Crippen LogP contribution >= 0.6 is 0 Å². The minimum atomic E-state index is 0.807. The lowest BCUT2D eigenvalue weighted by Gasteiger charge is -2.08. The Labute approximate surface area is 73.5 Å². The van der Waals surface area contributed by atoms with Crippen LogP contribution in [0.5, 0.6) is 0 Å². The van der Waals surface area contributed by atoms with Crippen molar-refractivity contribution >= 4 is 0 Å². The molecule has 66 valence electrons. The highest BCUT2D eigenvalue weighted by atomic mass is 15.1. The normalized spacial score (nSPS) is 10.8. The van der Waals surface area contributed by atoms with E-state index in [2.05, 4.69) is 14.9 Å². The van der Waals surface area contributed by atoms with Gasteiger partial charge in [-0.25, -0.2) is 9.97 Å². The summed E-state index contributed by atoms with van der Waals surface area (Å²) < 4.78 is 0. The average Bonchev–Trinajstić information content (AvgIpc) is 1.96. The van der Waals surface area contributed by atoms with E-state index in [1.165, 1.54) is 0 Å². The molecule has 0 bridgehead atoms. The topological polar surface area (TPSA) is 29.0 Å². The Balaban J connectivity index is 2.82. The van der Waals surface area contributed by atoms with Crippen LogP contribution in [0.25, 0.3) is 0 Å². The van der Waals surface area contributed by atoms with E-state index in [4.69, 9.17) is 0 Å². The molecule has 0 radical (unpaired) electrons. The molecule has 0 aliphatic carbocycles. The first-order valence-corrected chi connectivity index (χ1v) is 4.03. The Bertz CT molecular complexity index is 268. The SMILES string of the molecule is Cc1cnc(CN(C)C)nc1C. The van der Waals surface area contributed by atoms with E-state index in [0.29, 0.717) is 0 Å². The number of nitrogens with zero attached hydrogens (tertiary/aromatic N) is 3. The molecule has 0 N–H and O–H groups in total. The molecule has 12 heavy (non-hydrogen) atoms. The molecule has 0 aromatic carbocycles. The molecule has 0 amide bonds. The second-order valence-corrected chi connectivity index (χ2v) is 3.29. The molecule has 3 heteroatoms. The molecular weight excluding hydrogens is 150 g/mol. The smallest absolute Gasteiger partial charge is 0.142 e. The van der Waals surface area contributed by atoms with Crippen LogP contribution in [0.15, 0.2) is 6.20 Å². The molecule has 0 saturated carbocycles. The molecule has 1 aromatic heterocycles. The van der Waals surface area contributed by atoms with Crippen LogP contribution in [0.1, 0.15) is 17.1 Å². The van der Waals surface area contributed by atoms with Gasteiger partial charge in [-0.05, 0) is 33.5 Å². The van der Waals surface area contributed by atoms with Crippen molar-refractivity contribution in [3.05, 3.63) is 23.3 Å². The number of hydrogen-bond acceptors (Lipinski definition) is 3. The molecule has 0 unspecified atom stereocenters. The zero-order chi connectivity index (χ0) is 9.14. The van der Waals surface area contributed by atoms with E-state index in [-0.39, 0.29) is 0 Å². The molecule has 1 aromatic rings. The van der Waals surface area contributed by atoms with Gasteiger partial charge < -0.3 is 4.90 Å². The standard InChI is InChI=1S/C9H15N3/c1-7-5-10-9(6-12(3)4)11-8(7)2/h5H,6H2,1-4H3. The Kier molecular flexibility index (Phi) is 2.76. The number of rotatable bonds is 2. The second-order valence-electron chi connectivity index (χ2n) is 3.29. The van der Waals surface area contributed by atoms with E-state index in [9.17, 15) is 0 Å². The summed E-state index contributed by atoms with van der Waals surface area (Å²) in [7, 11) is 4.02. The molecule has 1 heterocycles. The lowest BCUT2D eigenvalue weighted by Crippen LogP contribution is -2.13. The van der Waals surface area contributed by atoms with Crippen molar-refractivity contribution in [2.45, 2.75) is 20.4 Å². The zero-order valence-corrected chi connectivity index (χ0v) is 8.13. The summed E-state index contributed by atoms with van der Waals surface area (Å²) in [6.07, 6.45) is 1.88. The average molecular weight is 165 g/mol. The van der Waals surface area contributed by atoms with E-state index in [1.54, 1.807) is 0 Å². The van der Waals surface area contributed by atoms with Crippen molar-refractivity contribution in [2.24, 2.45) is 0 Å². The third-order valence-electron chi connectivity index (χ3n) is 1.73. The molecule has 0 atom stereocenters. The minimum Gasteiger partial charge on any atom is -0.302 e. The van der Waals surface area contributed by atoms with Crippen LogP contribution in [-0.2, 0) is 6.54 Å². The Morgan fingerprint density at radius 1 is 1.33 bits per heavy atom. The highest BCUT2D eigenvalue weighted by molar-refractivity contribution is 5.13. The number of hydrogen-bond donors (Lipinski definition) is 0. The monoisotopic (exact) mass is 165 g/mol. The van der Waals surface area contributed by atoms with Gasteiger partial charge in [0.1, 0.15) is 5.82 Å². The number of aryl methyl sites for hydroxylation is 2. The van der Waals surface area contributed by atoms with Gasteiger partial charge in [-0.15, -0.1) is 0 Å². The zero-order valence-electron chi connectivity index (χ0n) is 8.13. The van der Waals surface area contributed by atoms with Gasteiger partial charge in [-0.2, -0.15) is 0 Å². The van der Waals surface area contributed by atoms with Crippen molar-refractivity contribution in [3.8, 4) is 0 Å². The van der Waals surface area contributed by atoms with Gasteiger partial charge in [-0.3, -0.25) is 0 Å². The first kappa shape index (κ1) is 9.13. The molecular formula is C9H15N3. The van der Waals surface area contributed by atoms with E-state index in [1.807, 2.05) is 34.1 Å². The van der Waals surface area contributed by atoms with Gasteiger partial charge in [0.25, 0.3) is 0 Å². The van der Waals surface area contributed by atoms with Gasteiger partial charge in [-0.1, -0.05) is 0 Å². The van der Waals surface area contributed by atoms with Crippen LogP contribution in [0.2, 0.25) is 0 Å². The fourth-order valence-electron chi connectivity index (χ4n) is 0.934. The van der Waals surface area contributed by atoms with Crippen molar-refractivity contribution < 1.29 is 0 Å². The first-order valence-electron chi connectivity index (χ1n) is 4.03. The Morgan fingerprint density at radius 3 is 2.50 bits per heavy atom. The molecule has 0 spiro atoms. The van der Waals surface area contributed by atoms with Crippen molar-refractivity contribution in [3.63, 3.8) is 0 Å². The molecule has 0 aliphatic heterocycles. The Hall–Kier alpha value is -0.960. The summed E-state index contributed by atoms with van der Waals surface area (Å²) in [6.45, 7) is 4.84. The first-order chi connectivity index (χ1) is 5.59. The van der Waals surface area contributed by atoms with Gasteiger partial charge >= 0.3 is 0 Å². The van der Waals surface area contributed by atoms with Gasteiger partial charge in [0, 0.05) is 11.9 Å². The molecule has 0 saturated heterocycles. The van der Waals surface area contributed by atoms with Crippen molar-refractivity contribution in [1.82, 2.24) is 14.9 Å². The Morgan fingerprint density at radius 2 is 2.00 bits per heavy atom. The van der Waals surface area contributed by atoms with Crippen molar-refractivity contribution in [2.75, 3.05) is 14.1 Å². The van der Waals surface area contributed by atoms with E-state index >= 15 is 0 Å². The van der Waals surface area contributed by atoms with Crippen LogP contribution < -0.4 is 0 Å². The summed E-state index contributed by atoms with van der Waals surface area (Å²) in [5, 5.41) is 0. The second kappa shape index (κ2) is 3.63. The molecule has 3 nitrogen and oxygen atoms in total. The summed E-state index contributed by atoms with van der Waals surface area (Å²) in [4.78, 5) is 10.6. The van der Waals surface area contributed by atoms with Gasteiger partial charge in [0.05, 0.1) is 6.54 Å². The van der Waals surface area contributed by atoms with Gasteiger partial charge in [0.15, 0.2) is 0 Å². The van der Waals surface area contributed by atoms with Crippen LogP contribution in [0.4, 0.5) is 0 Å². The quantitative estimate of drug-likeness (QED) is 0.658. The van der Waals surface area contributed by atoms with E-state index in [0.717, 1.165) is 23.6 Å². The predicted octanol–water partition coefficient (Wildman–Crippen LogP) is 1.16. The summed E-state index contributed by atoms with van der Waals surface area (Å²) >= 11 is 0. The van der Waals surface area contributed by atoms with Crippen LogP contribution in [0.3, 0.4) is 0 Å². The summed E-state index contributed by atoms with van der Waals surface area (Å²) in [6, 6.07) is 0. The highest BCUT2D eigenvalue weighted by Gasteiger charge is 2.00. The lowest BCUT2D eigenvalue weighted by molar-refractivity contribution is 0.389. The van der Waals surface area contributed by atoms with Gasteiger partial charge in [0.2, 0.25) is 0 Å². The number of aromatic nitrogens is 2. The molecule has 1 rings (SSSR count). The fourth-order valence-corrected chi connectivity index (χ4v) is 0.934. The highest BCUT2D eigenvalue weighted by Crippen LogP contribution is 2.02. The van der Waals surface area contributed by atoms with Crippen LogP contribution in [-0.4, -0.2) is 29.0 Å². The third kappa shape index (κ3) is 2.27. The summed E-state index contributed by atoms with van der Waals surface area (Å²) in [5.41, 5.74) is 2.22. The van der Waals surface area contributed by atoms with Crippen LogP contribution in [0, 0.1) is 13.8 Å². The lowest BCUT2D eigenvalue weighted by atomic mass is 10.3. The molecule has 0 fully saturated rings. The maximum atomic E-state index is 4.36.